The number of fused-ring (bicyclic) bond motifs is 2. The van der Waals surface area contributed by atoms with E-state index < -0.39 is 6.04 Å². The van der Waals surface area contributed by atoms with Crippen molar-refractivity contribution in [3.05, 3.63) is 80.1 Å². The topological polar surface area (TPSA) is 81.9 Å². The number of carbonyl (C=O) groups excluding carboxylic acids is 1. The molecule has 5 rings (SSSR count). The smallest absolute Gasteiger partial charge is 0.297 e. The summed E-state index contributed by atoms with van der Waals surface area (Å²) >= 11 is 1.42. The molecule has 3 heterocycles. The summed E-state index contributed by atoms with van der Waals surface area (Å²) in [5.74, 6) is 0.878. The largest absolute Gasteiger partial charge is 0.490 e. The molecule has 0 radical (unpaired) electrons. The summed E-state index contributed by atoms with van der Waals surface area (Å²) in [6.07, 6.45) is 1.96. The van der Waals surface area contributed by atoms with Gasteiger partial charge in [0, 0.05) is 4.88 Å². The first kappa shape index (κ1) is 24.1. The summed E-state index contributed by atoms with van der Waals surface area (Å²) in [6.45, 7) is 8.93. The molecule has 2 aromatic carbocycles. The zero-order chi connectivity index (χ0) is 25.4. The van der Waals surface area contributed by atoms with Crippen LogP contribution in [0.3, 0.4) is 0 Å². The number of rotatable bonds is 8. The molecule has 2 aromatic heterocycles. The van der Waals surface area contributed by atoms with Crippen molar-refractivity contribution in [1.29, 1.82) is 0 Å². The molecule has 0 aliphatic carbocycles. The van der Waals surface area contributed by atoms with Crippen LogP contribution in [-0.2, 0) is 0 Å². The van der Waals surface area contributed by atoms with E-state index in [2.05, 4.69) is 11.9 Å². The van der Waals surface area contributed by atoms with Crippen molar-refractivity contribution in [3.63, 3.8) is 0 Å². The third kappa shape index (κ3) is 4.05. The first-order valence-electron chi connectivity index (χ1n) is 12.2. The second kappa shape index (κ2) is 9.78. The highest BCUT2D eigenvalue weighted by Crippen LogP contribution is 2.44. The van der Waals surface area contributed by atoms with Crippen LogP contribution in [0.2, 0.25) is 0 Å². The lowest BCUT2D eigenvalue weighted by Crippen LogP contribution is -2.29. The molecular formula is C28H28N2O5S. The second-order valence-electron chi connectivity index (χ2n) is 8.73. The minimum Gasteiger partial charge on any atom is -0.490 e. The molecule has 0 saturated heterocycles. The van der Waals surface area contributed by atoms with Crippen LogP contribution in [-0.4, -0.2) is 24.1 Å². The van der Waals surface area contributed by atoms with Gasteiger partial charge in [-0.1, -0.05) is 31.5 Å². The van der Waals surface area contributed by atoms with Crippen molar-refractivity contribution < 1.29 is 18.7 Å². The fourth-order valence-electron chi connectivity index (χ4n) is 4.40. The fourth-order valence-corrected chi connectivity index (χ4v) is 5.34. The monoisotopic (exact) mass is 504 g/mol. The lowest BCUT2D eigenvalue weighted by molar-refractivity contribution is 0.0971. The maximum Gasteiger partial charge on any atom is 0.297 e. The Morgan fingerprint density at radius 3 is 2.58 bits per heavy atom. The number of nitrogens with zero attached hydrogens (tertiary/aromatic N) is 2. The number of hydrogen-bond donors (Lipinski definition) is 0. The van der Waals surface area contributed by atoms with Crippen LogP contribution < -0.4 is 19.8 Å². The van der Waals surface area contributed by atoms with E-state index in [0.717, 1.165) is 29.0 Å². The Morgan fingerprint density at radius 1 is 1.06 bits per heavy atom. The van der Waals surface area contributed by atoms with Gasteiger partial charge in [0.25, 0.3) is 5.91 Å². The molecule has 0 bridgehead atoms. The van der Waals surface area contributed by atoms with Crippen molar-refractivity contribution in [2.75, 3.05) is 18.1 Å². The van der Waals surface area contributed by atoms with Gasteiger partial charge in [-0.15, -0.1) is 11.3 Å². The Bertz CT molecular complexity index is 1490. The Balaban J connectivity index is 1.71. The van der Waals surface area contributed by atoms with Gasteiger partial charge >= 0.3 is 0 Å². The molecule has 7 nitrogen and oxygen atoms in total. The zero-order valence-corrected chi connectivity index (χ0v) is 21.6. The van der Waals surface area contributed by atoms with E-state index in [1.807, 2.05) is 39.0 Å². The predicted octanol–water partition coefficient (Wildman–Crippen LogP) is 6.19. The molecular weight excluding hydrogens is 476 g/mol. The van der Waals surface area contributed by atoms with Gasteiger partial charge < -0.3 is 13.9 Å². The third-order valence-corrected chi connectivity index (χ3v) is 7.41. The highest BCUT2D eigenvalue weighted by atomic mass is 32.1. The summed E-state index contributed by atoms with van der Waals surface area (Å²) in [7, 11) is 0. The van der Waals surface area contributed by atoms with Crippen molar-refractivity contribution in [2.45, 2.75) is 46.6 Å². The summed E-state index contributed by atoms with van der Waals surface area (Å²) < 4.78 is 17.9. The van der Waals surface area contributed by atoms with Gasteiger partial charge in [0.2, 0.25) is 5.76 Å². The number of amides is 1. The van der Waals surface area contributed by atoms with Crippen molar-refractivity contribution in [2.24, 2.45) is 0 Å². The number of hydrogen-bond acceptors (Lipinski definition) is 7. The van der Waals surface area contributed by atoms with E-state index in [1.165, 1.54) is 11.3 Å². The van der Waals surface area contributed by atoms with Gasteiger partial charge in [-0.2, -0.15) is 0 Å². The fraction of sp³-hybridized carbons (Fsp3) is 0.321. The van der Waals surface area contributed by atoms with E-state index in [0.29, 0.717) is 46.4 Å². The van der Waals surface area contributed by atoms with Crippen molar-refractivity contribution >= 4 is 33.3 Å². The second-order valence-corrected chi connectivity index (χ2v) is 9.91. The number of benzene rings is 2. The highest BCUT2D eigenvalue weighted by Gasteiger charge is 2.45. The Kier molecular flexibility index (Phi) is 6.53. The van der Waals surface area contributed by atoms with Gasteiger partial charge in [0.1, 0.15) is 5.58 Å². The van der Waals surface area contributed by atoms with E-state index in [9.17, 15) is 9.59 Å². The number of ether oxygens (including phenoxy) is 2. The van der Waals surface area contributed by atoms with Crippen LogP contribution in [0.5, 0.6) is 11.5 Å². The number of thiazole rings is 1. The van der Waals surface area contributed by atoms with Gasteiger partial charge in [-0.25, -0.2) is 4.98 Å². The number of aromatic nitrogens is 1. The van der Waals surface area contributed by atoms with Gasteiger partial charge in [-0.05, 0) is 57.0 Å². The maximum absolute atomic E-state index is 13.8. The number of anilines is 1. The normalized spacial score (nSPS) is 14.9. The SMILES string of the molecule is CCCCOc1ccc(C2c3c(oc4ccccc4c3=O)C(=O)N2c2nc(C)c(C)s2)cc1OCC. The Labute approximate surface area is 213 Å². The highest BCUT2D eigenvalue weighted by molar-refractivity contribution is 7.15. The summed E-state index contributed by atoms with van der Waals surface area (Å²) in [5, 5.41) is 0.961. The molecule has 36 heavy (non-hydrogen) atoms. The molecule has 1 unspecified atom stereocenters. The molecule has 0 saturated carbocycles. The molecule has 0 fully saturated rings. The van der Waals surface area contributed by atoms with Crippen LogP contribution >= 0.6 is 11.3 Å². The Morgan fingerprint density at radius 2 is 1.86 bits per heavy atom. The number of aryl methyl sites for hydroxylation is 2. The van der Waals surface area contributed by atoms with Crippen LogP contribution in [0.1, 0.15) is 65.0 Å². The molecule has 186 valence electrons. The average molecular weight is 505 g/mol. The van der Waals surface area contributed by atoms with Gasteiger partial charge in [-0.3, -0.25) is 14.5 Å². The number of carbonyl (C=O) groups is 1. The first-order valence-corrected chi connectivity index (χ1v) is 13.0. The molecule has 1 aliphatic heterocycles. The molecule has 1 atom stereocenters. The zero-order valence-electron chi connectivity index (χ0n) is 20.8. The van der Waals surface area contributed by atoms with Crippen LogP contribution in [0.15, 0.2) is 51.7 Å². The maximum atomic E-state index is 13.8. The molecule has 0 N–H and O–H groups in total. The van der Waals surface area contributed by atoms with Crippen LogP contribution in [0.4, 0.5) is 5.13 Å². The summed E-state index contributed by atoms with van der Waals surface area (Å²) in [6, 6.07) is 11.9. The van der Waals surface area contributed by atoms with Crippen molar-refractivity contribution in [3.8, 4) is 11.5 Å². The lowest BCUT2D eigenvalue weighted by atomic mass is 9.98. The van der Waals surface area contributed by atoms with Gasteiger partial charge in [0.15, 0.2) is 22.1 Å². The van der Waals surface area contributed by atoms with Crippen molar-refractivity contribution in [1.82, 2.24) is 4.98 Å². The number of para-hydroxylation sites is 1. The molecule has 8 heteroatoms. The van der Waals surface area contributed by atoms with E-state index >= 15 is 0 Å². The molecule has 4 aromatic rings. The third-order valence-electron chi connectivity index (χ3n) is 6.34. The standard InChI is InChI=1S/C28H28N2O5S/c1-5-7-14-34-21-13-12-18(15-22(21)33-6-2)24-23-25(31)19-10-8-9-11-20(19)35-26(23)27(32)30(24)28-29-16(3)17(4)36-28/h8-13,15,24H,5-7,14H2,1-4H3. The first-order chi connectivity index (χ1) is 17.4. The number of unbranched alkanes of at least 4 members (excludes halogenated alkanes) is 1. The average Bonchev–Trinajstić information content (AvgIpc) is 3.36. The predicted molar refractivity (Wildman–Crippen MR) is 141 cm³/mol. The lowest BCUT2D eigenvalue weighted by Gasteiger charge is -2.23. The molecule has 0 spiro atoms. The van der Waals surface area contributed by atoms with E-state index in [4.69, 9.17) is 13.9 Å². The van der Waals surface area contributed by atoms with E-state index in [-0.39, 0.29) is 17.1 Å². The molecule has 1 aliphatic rings. The molecule has 1 amide bonds. The minimum absolute atomic E-state index is 0.0513. The summed E-state index contributed by atoms with van der Waals surface area (Å²) in [4.78, 5) is 34.7. The van der Waals surface area contributed by atoms with Crippen LogP contribution in [0, 0.1) is 13.8 Å². The van der Waals surface area contributed by atoms with Gasteiger partial charge in [0.05, 0.1) is 35.9 Å². The quantitative estimate of drug-likeness (QED) is 0.266. The Hall–Kier alpha value is -3.65. The van der Waals surface area contributed by atoms with Crippen LogP contribution in [0.25, 0.3) is 11.0 Å². The minimum atomic E-state index is -0.706. The van der Waals surface area contributed by atoms with E-state index in [1.54, 1.807) is 29.2 Å². The summed E-state index contributed by atoms with van der Waals surface area (Å²) in [5.41, 5.74) is 2.04.